The minimum Gasteiger partial charge on any atom is -0.394 e. The molecule has 100 valence electrons. The number of nitrogens with one attached hydrogen (secondary N) is 1. The van der Waals surface area contributed by atoms with Gasteiger partial charge in [0.1, 0.15) is 24.0 Å². The number of nitrogens with two attached hydrogens (primary N) is 1. The van der Waals surface area contributed by atoms with E-state index in [9.17, 15) is 19.8 Å². The maximum Gasteiger partial charge on any atom is 0.330 e. The topological polar surface area (TPSA) is 151 Å². The highest BCUT2D eigenvalue weighted by Gasteiger charge is 2.43. The van der Waals surface area contributed by atoms with Crippen molar-refractivity contribution in [3.05, 3.63) is 27.0 Å². The number of aromatic amines is 1. The quantitative estimate of drug-likeness (QED) is 0.373. The van der Waals surface area contributed by atoms with E-state index in [1.54, 1.807) is 0 Å². The summed E-state index contributed by atoms with van der Waals surface area (Å²) in [5.41, 5.74) is 3.55. The minimum atomic E-state index is -1.41. The number of anilines is 1. The van der Waals surface area contributed by atoms with E-state index in [-0.39, 0.29) is 5.69 Å². The number of hydrogen-bond donors (Lipinski definition) is 5. The van der Waals surface area contributed by atoms with Crippen molar-refractivity contribution in [2.75, 3.05) is 12.3 Å². The molecule has 2 rings (SSSR count). The summed E-state index contributed by atoms with van der Waals surface area (Å²) in [5, 5.41) is 28.2. The third-order valence-corrected chi connectivity index (χ3v) is 2.79. The van der Waals surface area contributed by atoms with E-state index in [4.69, 9.17) is 15.6 Å². The molecule has 0 saturated carbocycles. The van der Waals surface area contributed by atoms with Gasteiger partial charge in [0.15, 0.2) is 6.23 Å². The van der Waals surface area contributed by atoms with Crippen LogP contribution in [0.15, 0.2) is 15.8 Å². The summed E-state index contributed by atoms with van der Waals surface area (Å²) in [5.74, 6) is 0. The molecule has 1 fully saturated rings. The van der Waals surface area contributed by atoms with Gasteiger partial charge in [-0.1, -0.05) is 0 Å². The van der Waals surface area contributed by atoms with E-state index in [1.165, 1.54) is 0 Å². The maximum atomic E-state index is 11.5. The fourth-order valence-electron chi connectivity index (χ4n) is 1.80. The molecule has 1 aliphatic rings. The summed E-state index contributed by atoms with van der Waals surface area (Å²) >= 11 is 0. The van der Waals surface area contributed by atoms with Crippen molar-refractivity contribution in [3.8, 4) is 0 Å². The third-order valence-electron chi connectivity index (χ3n) is 2.79. The summed E-state index contributed by atoms with van der Waals surface area (Å²) in [6.45, 7) is -0.512. The molecule has 2 heterocycles. The van der Waals surface area contributed by atoms with E-state index >= 15 is 0 Å². The second-order valence-corrected chi connectivity index (χ2v) is 3.98. The van der Waals surface area contributed by atoms with Crippen LogP contribution in [0.3, 0.4) is 0 Å². The van der Waals surface area contributed by atoms with Crippen molar-refractivity contribution < 1.29 is 20.1 Å². The van der Waals surface area contributed by atoms with Crippen LogP contribution in [0.25, 0.3) is 0 Å². The Kier molecular flexibility index (Phi) is 3.22. The maximum absolute atomic E-state index is 11.5. The molecule has 1 aromatic rings. The molecule has 6 N–H and O–H groups in total. The number of rotatable bonds is 2. The van der Waals surface area contributed by atoms with Crippen molar-refractivity contribution >= 4 is 5.69 Å². The fraction of sp³-hybridized carbons (Fsp3) is 0.556. The number of nitrogens with zero attached hydrogens (tertiary/aromatic N) is 1. The molecule has 0 aromatic carbocycles. The summed E-state index contributed by atoms with van der Waals surface area (Å²) in [4.78, 5) is 24.6. The molecule has 1 aromatic heterocycles. The van der Waals surface area contributed by atoms with Crippen LogP contribution in [-0.2, 0) is 4.74 Å². The first-order valence-corrected chi connectivity index (χ1v) is 5.19. The van der Waals surface area contributed by atoms with Crippen LogP contribution in [0.1, 0.15) is 6.23 Å². The van der Waals surface area contributed by atoms with Crippen LogP contribution < -0.4 is 17.0 Å². The predicted molar refractivity (Wildman–Crippen MR) is 58.7 cm³/mol. The van der Waals surface area contributed by atoms with Gasteiger partial charge < -0.3 is 25.8 Å². The van der Waals surface area contributed by atoms with Gasteiger partial charge in [-0.3, -0.25) is 14.3 Å². The molecule has 0 spiro atoms. The Morgan fingerprint density at radius 1 is 1.39 bits per heavy atom. The first kappa shape index (κ1) is 12.8. The molecule has 1 unspecified atom stereocenters. The Labute approximate surface area is 100 Å². The lowest BCUT2D eigenvalue weighted by Crippen LogP contribution is -2.38. The normalized spacial score (nSPS) is 31.7. The van der Waals surface area contributed by atoms with Crippen molar-refractivity contribution in [1.82, 2.24) is 9.55 Å². The molecule has 18 heavy (non-hydrogen) atoms. The van der Waals surface area contributed by atoms with E-state index in [2.05, 4.69) is 0 Å². The van der Waals surface area contributed by atoms with Crippen molar-refractivity contribution in [3.63, 3.8) is 0 Å². The number of nitrogen functional groups attached to an aromatic ring is 1. The predicted octanol–water partition coefficient (Wildman–Crippen LogP) is -3.27. The zero-order valence-electron chi connectivity index (χ0n) is 9.18. The highest BCUT2D eigenvalue weighted by atomic mass is 16.6. The number of ether oxygens (including phenoxy) is 1. The van der Waals surface area contributed by atoms with Crippen molar-refractivity contribution in [2.45, 2.75) is 24.5 Å². The second-order valence-electron chi connectivity index (χ2n) is 3.98. The average molecular weight is 259 g/mol. The summed E-state index contributed by atoms with van der Waals surface area (Å²) in [6, 6.07) is 0. The Morgan fingerprint density at radius 3 is 2.61 bits per heavy atom. The smallest absolute Gasteiger partial charge is 0.330 e. The van der Waals surface area contributed by atoms with E-state index in [0.29, 0.717) is 0 Å². The molecule has 1 saturated heterocycles. The number of aliphatic hydroxyl groups excluding tert-OH is 3. The lowest BCUT2D eigenvalue weighted by molar-refractivity contribution is -0.0549. The fourth-order valence-corrected chi connectivity index (χ4v) is 1.80. The van der Waals surface area contributed by atoms with Crippen LogP contribution in [0.4, 0.5) is 5.69 Å². The highest BCUT2D eigenvalue weighted by molar-refractivity contribution is 5.30. The molecule has 0 bridgehead atoms. The zero-order chi connectivity index (χ0) is 13.4. The van der Waals surface area contributed by atoms with Crippen molar-refractivity contribution in [1.29, 1.82) is 0 Å². The molecular weight excluding hydrogens is 246 g/mol. The van der Waals surface area contributed by atoms with Gasteiger partial charge in [-0.2, -0.15) is 0 Å². The number of aliphatic hydroxyl groups is 3. The first-order chi connectivity index (χ1) is 8.45. The molecule has 9 nitrogen and oxygen atoms in total. The standard InChI is InChI=1S/C9H13N3O6/c10-3-1-12(9(17)11-7(3)16)8-6(15)5(14)4(2-13)18-8/h1,4-6,8,13-15H,2,10H2,(H,11,16,17)/t4-,5?,6+,8-/m1/s1. The van der Waals surface area contributed by atoms with Gasteiger partial charge in [-0.15, -0.1) is 0 Å². The van der Waals surface area contributed by atoms with Crippen LogP contribution in [0, 0.1) is 0 Å². The first-order valence-electron chi connectivity index (χ1n) is 5.19. The summed E-state index contributed by atoms with van der Waals surface area (Å²) < 4.78 is 5.99. The Morgan fingerprint density at radius 2 is 2.06 bits per heavy atom. The van der Waals surface area contributed by atoms with Gasteiger partial charge in [-0.05, 0) is 0 Å². The van der Waals surface area contributed by atoms with Crippen molar-refractivity contribution in [2.24, 2.45) is 0 Å². The summed E-state index contributed by atoms with van der Waals surface area (Å²) in [6.07, 6.45) is -3.96. The summed E-state index contributed by atoms with van der Waals surface area (Å²) in [7, 11) is 0. The zero-order valence-corrected chi connectivity index (χ0v) is 9.18. The number of aromatic nitrogens is 2. The molecule has 0 aliphatic carbocycles. The molecule has 9 heteroatoms. The second kappa shape index (κ2) is 4.53. The largest absolute Gasteiger partial charge is 0.394 e. The van der Waals surface area contributed by atoms with Gasteiger partial charge in [0.05, 0.1) is 6.61 Å². The van der Waals surface area contributed by atoms with E-state index in [1.807, 2.05) is 4.98 Å². The molecular formula is C9H13N3O6. The molecule has 0 amide bonds. The van der Waals surface area contributed by atoms with Crippen LogP contribution in [0.5, 0.6) is 0 Å². The van der Waals surface area contributed by atoms with E-state index < -0.39 is 42.4 Å². The lowest BCUT2D eigenvalue weighted by Gasteiger charge is -2.17. The third kappa shape index (κ3) is 1.93. The van der Waals surface area contributed by atoms with Gasteiger partial charge in [0, 0.05) is 6.20 Å². The lowest BCUT2D eigenvalue weighted by atomic mass is 10.1. The molecule has 4 atom stereocenters. The number of H-pyrrole nitrogens is 1. The Balaban J connectivity index is 2.42. The van der Waals surface area contributed by atoms with Crippen LogP contribution in [-0.4, -0.2) is 49.8 Å². The monoisotopic (exact) mass is 259 g/mol. The Hall–Kier alpha value is -1.68. The van der Waals surface area contributed by atoms with Crippen LogP contribution >= 0.6 is 0 Å². The Bertz CT molecular complexity index is 552. The average Bonchev–Trinajstić information content (AvgIpc) is 2.61. The molecule has 0 radical (unpaired) electrons. The van der Waals surface area contributed by atoms with Gasteiger partial charge in [-0.25, -0.2) is 4.79 Å². The van der Waals surface area contributed by atoms with Gasteiger partial charge in [0.25, 0.3) is 5.56 Å². The van der Waals surface area contributed by atoms with Crippen LogP contribution in [0.2, 0.25) is 0 Å². The number of hydrogen-bond acceptors (Lipinski definition) is 7. The van der Waals surface area contributed by atoms with Gasteiger partial charge in [0.2, 0.25) is 0 Å². The van der Waals surface area contributed by atoms with Gasteiger partial charge >= 0.3 is 5.69 Å². The SMILES string of the molecule is Nc1cn([C@@H]2O[C@H](CO)C(O)[C@@H]2O)c(=O)[nH]c1=O. The highest BCUT2D eigenvalue weighted by Crippen LogP contribution is 2.27. The minimum absolute atomic E-state index is 0.229. The van der Waals surface area contributed by atoms with E-state index in [0.717, 1.165) is 10.8 Å². The molecule has 1 aliphatic heterocycles.